The molecule has 3 rings (SSSR count). The number of alkyl halides is 1. The van der Waals surface area contributed by atoms with Crippen LogP contribution >= 0.6 is 22.6 Å². The number of pyridine rings is 1. The van der Waals surface area contributed by atoms with Crippen molar-refractivity contribution < 1.29 is 9.90 Å². The third-order valence-electron chi connectivity index (χ3n) is 5.41. The average molecular weight is 472 g/mol. The highest BCUT2D eigenvalue weighted by molar-refractivity contribution is 14.1. The molecule has 7 heteroatoms. The van der Waals surface area contributed by atoms with Crippen LogP contribution in [0.1, 0.15) is 29.4 Å². The summed E-state index contributed by atoms with van der Waals surface area (Å²) in [5.74, 6) is 2.03. The lowest BCUT2D eigenvalue weighted by atomic mass is 9.95. The molecule has 0 saturated carbocycles. The molecule has 2 fully saturated rings. The first kappa shape index (κ1) is 20.0. The van der Waals surface area contributed by atoms with E-state index < -0.39 is 4.11 Å². The highest BCUT2D eigenvalue weighted by Crippen LogP contribution is 2.23. The molecule has 0 amide bonds. The molecule has 0 bridgehead atoms. The van der Waals surface area contributed by atoms with Gasteiger partial charge < -0.3 is 10.0 Å². The minimum absolute atomic E-state index is 0.272. The molecule has 0 spiro atoms. The number of ketones is 1. The van der Waals surface area contributed by atoms with Crippen LogP contribution in [0.25, 0.3) is 0 Å². The molecule has 6 nitrogen and oxygen atoms in total. The van der Waals surface area contributed by atoms with E-state index in [0.717, 1.165) is 56.6 Å². The Hall–Kier alpha value is -0.770. The molecule has 1 aromatic rings. The summed E-state index contributed by atoms with van der Waals surface area (Å²) >= 11 is 1.99. The summed E-state index contributed by atoms with van der Waals surface area (Å²) in [6, 6.07) is 3.97. The number of halogens is 1. The third-order valence-corrected chi connectivity index (χ3v) is 6.13. The number of carbonyl (C=O) groups excluding carboxylic acids is 1. The first-order valence-electron chi connectivity index (χ1n) is 9.48. The molecule has 3 heterocycles. The molecule has 2 aliphatic rings. The van der Waals surface area contributed by atoms with Gasteiger partial charge in [-0.3, -0.25) is 14.6 Å². The van der Waals surface area contributed by atoms with Crippen molar-refractivity contribution in [2.45, 2.75) is 23.9 Å². The second kappa shape index (κ2) is 9.43. The van der Waals surface area contributed by atoms with E-state index in [-0.39, 0.29) is 5.78 Å². The fourth-order valence-electron chi connectivity index (χ4n) is 3.89. The number of carbonyl (C=O) groups is 1. The molecular formula is C19H29IN4O2. The zero-order valence-electron chi connectivity index (χ0n) is 15.5. The van der Waals surface area contributed by atoms with Crippen LogP contribution in [0.4, 0.5) is 5.82 Å². The second-order valence-corrected chi connectivity index (χ2v) is 8.67. The van der Waals surface area contributed by atoms with E-state index in [1.807, 2.05) is 34.7 Å². The van der Waals surface area contributed by atoms with E-state index in [9.17, 15) is 9.90 Å². The summed E-state index contributed by atoms with van der Waals surface area (Å²) in [7, 11) is 0. The third kappa shape index (κ3) is 5.61. The molecule has 2 saturated heterocycles. The highest BCUT2D eigenvalue weighted by atomic mass is 127. The van der Waals surface area contributed by atoms with Crippen LogP contribution in [-0.2, 0) is 4.79 Å². The molecule has 0 aliphatic carbocycles. The molecule has 0 radical (unpaired) electrons. The van der Waals surface area contributed by atoms with Gasteiger partial charge in [-0.05, 0) is 67.4 Å². The van der Waals surface area contributed by atoms with Gasteiger partial charge in [0.05, 0.1) is 6.54 Å². The van der Waals surface area contributed by atoms with E-state index in [1.54, 1.807) is 13.1 Å². The monoisotopic (exact) mass is 472 g/mol. The van der Waals surface area contributed by atoms with Gasteiger partial charge in [0.15, 0.2) is 0 Å². The topological polar surface area (TPSA) is 59.9 Å². The Kier molecular flexibility index (Phi) is 7.25. The zero-order chi connectivity index (χ0) is 18.5. The van der Waals surface area contributed by atoms with Gasteiger partial charge in [-0.2, -0.15) is 0 Å². The SMILES string of the molecule is CC(=O)CN1CCC(CN2CCN(c3ccc(C(O)I)cn3)CC2)CC1. The first-order chi connectivity index (χ1) is 12.5. The van der Waals surface area contributed by atoms with Crippen molar-refractivity contribution in [3.05, 3.63) is 23.9 Å². The number of hydrogen-bond donors (Lipinski definition) is 1. The molecule has 2 aliphatic heterocycles. The predicted octanol–water partition coefficient (Wildman–Crippen LogP) is 1.93. The van der Waals surface area contributed by atoms with Crippen LogP contribution in [-0.4, -0.2) is 78.0 Å². The molecule has 0 aromatic carbocycles. The van der Waals surface area contributed by atoms with Crippen LogP contribution in [0.15, 0.2) is 18.3 Å². The summed E-state index contributed by atoms with van der Waals surface area (Å²) in [4.78, 5) is 22.9. The number of rotatable bonds is 6. The van der Waals surface area contributed by atoms with Gasteiger partial charge in [-0.15, -0.1) is 0 Å². The molecule has 1 unspecified atom stereocenters. The Morgan fingerprint density at radius 2 is 1.88 bits per heavy atom. The largest absolute Gasteiger partial charge is 0.378 e. The number of piperazine rings is 1. The van der Waals surface area contributed by atoms with Crippen molar-refractivity contribution >= 4 is 34.2 Å². The number of aliphatic hydroxyl groups excluding tert-OH is 1. The summed E-state index contributed by atoms with van der Waals surface area (Å²) in [6.45, 7) is 9.74. The van der Waals surface area contributed by atoms with Crippen LogP contribution in [0.2, 0.25) is 0 Å². The van der Waals surface area contributed by atoms with Gasteiger partial charge >= 0.3 is 0 Å². The molecule has 1 N–H and O–H groups in total. The van der Waals surface area contributed by atoms with Gasteiger partial charge in [0.1, 0.15) is 15.7 Å². The Morgan fingerprint density at radius 1 is 1.19 bits per heavy atom. The summed E-state index contributed by atoms with van der Waals surface area (Å²) in [5.41, 5.74) is 0.851. The minimum atomic E-state index is -0.493. The Morgan fingerprint density at radius 3 is 2.42 bits per heavy atom. The number of anilines is 1. The average Bonchev–Trinajstić information content (AvgIpc) is 2.64. The van der Waals surface area contributed by atoms with E-state index in [1.165, 1.54) is 19.4 Å². The van der Waals surface area contributed by atoms with Crippen LogP contribution in [0.5, 0.6) is 0 Å². The molecule has 26 heavy (non-hydrogen) atoms. The van der Waals surface area contributed by atoms with Crippen molar-refractivity contribution in [3.63, 3.8) is 0 Å². The smallest absolute Gasteiger partial charge is 0.143 e. The lowest BCUT2D eigenvalue weighted by molar-refractivity contribution is -0.118. The lowest BCUT2D eigenvalue weighted by Gasteiger charge is -2.39. The number of aliphatic hydroxyl groups is 1. The van der Waals surface area contributed by atoms with Crippen LogP contribution in [0, 0.1) is 5.92 Å². The van der Waals surface area contributed by atoms with E-state index in [2.05, 4.69) is 19.7 Å². The number of likely N-dealkylation sites (tertiary alicyclic amines) is 1. The molecule has 1 atom stereocenters. The zero-order valence-corrected chi connectivity index (χ0v) is 17.6. The maximum Gasteiger partial charge on any atom is 0.143 e. The Balaban J connectivity index is 1.41. The number of aromatic nitrogens is 1. The second-order valence-electron chi connectivity index (χ2n) is 7.49. The van der Waals surface area contributed by atoms with E-state index >= 15 is 0 Å². The molecule has 1 aromatic heterocycles. The normalized spacial score (nSPS) is 21.7. The maximum atomic E-state index is 11.2. The van der Waals surface area contributed by atoms with Crippen molar-refractivity contribution in [1.29, 1.82) is 0 Å². The summed E-state index contributed by atoms with van der Waals surface area (Å²) in [6.07, 6.45) is 4.18. The minimum Gasteiger partial charge on any atom is -0.378 e. The van der Waals surface area contributed by atoms with Gasteiger partial charge in [0, 0.05) is 44.5 Å². The quantitative estimate of drug-likeness (QED) is 0.505. The van der Waals surface area contributed by atoms with Crippen LogP contribution < -0.4 is 4.90 Å². The molecule has 144 valence electrons. The van der Waals surface area contributed by atoms with E-state index in [4.69, 9.17) is 0 Å². The van der Waals surface area contributed by atoms with Gasteiger partial charge in [0.2, 0.25) is 0 Å². The number of nitrogens with zero attached hydrogens (tertiary/aromatic N) is 4. The first-order valence-corrected chi connectivity index (χ1v) is 10.7. The number of hydrogen-bond acceptors (Lipinski definition) is 6. The Bertz CT molecular complexity index is 580. The number of piperidine rings is 1. The van der Waals surface area contributed by atoms with Crippen molar-refractivity contribution in [2.24, 2.45) is 5.92 Å². The van der Waals surface area contributed by atoms with Gasteiger partial charge in [-0.25, -0.2) is 4.98 Å². The van der Waals surface area contributed by atoms with Crippen molar-refractivity contribution in [2.75, 3.05) is 57.3 Å². The van der Waals surface area contributed by atoms with E-state index in [0.29, 0.717) is 6.54 Å². The predicted molar refractivity (Wildman–Crippen MR) is 112 cm³/mol. The maximum absolute atomic E-state index is 11.2. The summed E-state index contributed by atoms with van der Waals surface area (Å²) < 4.78 is -0.493. The standard InChI is InChI=1S/C19H29IN4O2/c1-15(25)13-22-6-4-16(5-7-22)14-23-8-10-24(11-9-23)18-3-2-17(12-21-18)19(20)26/h2-3,12,16,19,26H,4-11,13-14H2,1H3. The summed E-state index contributed by atoms with van der Waals surface area (Å²) in [5, 5.41) is 9.58. The fourth-order valence-corrected chi connectivity index (χ4v) is 4.26. The van der Waals surface area contributed by atoms with Crippen molar-refractivity contribution in [1.82, 2.24) is 14.8 Å². The van der Waals surface area contributed by atoms with Gasteiger partial charge in [0.25, 0.3) is 0 Å². The highest BCUT2D eigenvalue weighted by Gasteiger charge is 2.24. The fraction of sp³-hybridized carbons (Fsp3) is 0.684. The Labute approximate surface area is 169 Å². The molecular weight excluding hydrogens is 443 g/mol. The van der Waals surface area contributed by atoms with Crippen molar-refractivity contribution in [3.8, 4) is 0 Å². The van der Waals surface area contributed by atoms with Crippen LogP contribution in [0.3, 0.4) is 0 Å². The number of Topliss-reactive ketones (excluding diaryl/α,β-unsaturated/α-hetero) is 1. The van der Waals surface area contributed by atoms with Gasteiger partial charge in [-0.1, -0.05) is 6.07 Å². The lowest BCUT2D eigenvalue weighted by Crippen LogP contribution is -2.49.